The van der Waals surface area contributed by atoms with Gasteiger partial charge in [-0.3, -0.25) is 0 Å². The molecule has 2 aromatic heterocycles. The highest BCUT2D eigenvalue weighted by atomic mass is 35.5. The van der Waals surface area contributed by atoms with Crippen LogP contribution in [0.3, 0.4) is 0 Å². The summed E-state index contributed by atoms with van der Waals surface area (Å²) in [4.78, 5) is 19.8. The summed E-state index contributed by atoms with van der Waals surface area (Å²) in [7, 11) is 0. The number of rotatable bonds is 3. The van der Waals surface area contributed by atoms with E-state index in [0.717, 1.165) is 0 Å². The Morgan fingerprint density at radius 1 is 1.16 bits per heavy atom. The van der Waals surface area contributed by atoms with Crippen molar-refractivity contribution < 1.29 is 4.79 Å². The number of benzene rings is 1. The second-order valence-corrected chi connectivity index (χ2v) is 9.13. The third kappa shape index (κ3) is 3.96. The van der Waals surface area contributed by atoms with Gasteiger partial charge in [-0.25, -0.2) is 24.0 Å². The number of pyridine rings is 1. The lowest BCUT2D eigenvalue weighted by Crippen LogP contribution is -2.59. The minimum atomic E-state index is -1.35. The van der Waals surface area contributed by atoms with Crippen molar-refractivity contribution in [2.45, 2.75) is 26.4 Å². The molecule has 11 heteroatoms. The number of hydroxylamine groups is 2. The number of fused-ring (bicyclic) bond motifs is 1. The molecule has 0 bridgehead atoms. The summed E-state index contributed by atoms with van der Waals surface area (Å²) in [5, 5.41) is 19.2. The molecule has 1 atom stereocenters. The summed E-state index contributed by atoms with van der Waals surface area (Å²) in [6.07, 6.45) is 1.50. The van der Waals surface area contributed by atoms with Gasteiger partial charge in [0.15, 0.2) is 22.4 Å². The summed E-state index contributed by atoms with van der Waals surface area (Å²) in [6, 6.07) is 7.70. The minimum absolute atomic E-state index is 0.00360. The molecule has 3 heterocycles. The van der Waals surface area contributed by atoms with Crippen LogP contribution in [0.15, 0.2) is 36.5 Å². The zero-order valence-corrected chi connectivity index (χ0v) is 19.5. The first-order valence-electron chi connectivity index (χ1n) is 9.34. The molecule has 0 radical (unpaired) electrons. The fraction of sp³-hybridized carbons (Fsp3) is 0.250. The second-order valence-electron chi connectivity index (χ2n) is 7.50. The van der Waals surface area contributed by atoms with Gasteiger partial charge in [-0.2, -0.15) is 5.10 Å². The van der Waals surface area contributed by atoms with Gasteiger partial charge in [0.2, 0.25) is 0 Å². The van der Waals surface area contributed by atoms with Crippen LogP contribution < -0.4 is 4.65 Å². The molecule has 1 aliphatic heterocycles. The number of hydrogen-bond donors (Lipinski definition) is 0. The third-order valence-electron chi connectivity index (χ3n) is 5.12. The first kappa shape index (κ1) is 22.5. The number of hydrogen-bond acceptors (Lipinski definition) is 5. The molecule has 1 amide bonds. The van der Waals surface area contributed by atoms with E-state index in [1.807, 2.05) is 18.7 Å². The Bertz CT molecular complexity index is 1180. The molecule has 1 unspecified atom stereocenters. The van der Waals surface area contributed by atoms with Crippen LogP contribution in [0.5, 0.6) is 0 Å². The van der Waals surface area contributed by atoms with Gasteiger partial charge in [-0.1, -0.05) is 46.4 Å². The van der Waals surface area contributed by atoms with Crippen molar-refractivity contribution in [3.8, 4) is 5.82 Å². The van der Waals surface area contributed by atoms with Crippen LogP contribution in [-0.2, 0) is 6.54 Å². The van der Waals surface area contributed by atoms with Gasteiger partial charge in [-0.15, -0.1) is 0 Å². The summed E-state index contributed by atoms with van der Waals surface area (Å²) in [5.41, 5.74) is 0.695. The van der Waals surface area contributed by atoms with Crippen LogP contribution >= 0.6 is 46.4 Å². The maximum atomic E-state index is 14.3. The van der Waals surface area contributed by atoms with Gasteiger partial charge in [0.1, 0.15) is 11.7 Å². The van der Waals surface area contributed by atoms with E-state index < -0.39 is 10.6 Å². The lowest BCUT2D eigenvalue weighted by atomic mass is 10.1. The highest BCUT2D eigenvalue weighted by Crippen LogP contribution is 2.42. The molecule has 1 aromatic carbocycles. The topological polar surface area (TPSA) is 74.1 Å². The molecule has 7 nitrogen and oxygen atoms in total. The molecular formula is C20H17Cl4N5O2. The molecular weight excluding hydrogens is 484 g/mol. The molecule has 162 valence electrons. The van der Waals surface area contributed by atoms with Crippen molar-refractivity contribution in [2.24, 2.45) is 0 Å². The van der Waals surface area contributed by atoms with Gasteiger partial charge >= 0.3 is 5.91 Å². The Kier molecular flexibility index (Phi) is 6.04. The van der Waals surface area contributed by atoms with Gasteiger partial charge in [0.05, 0.1) is 5.02 Å². The van der Waals surface area contributed by atoms with Crippen LogP contribution in [0.2, 0.25) is 20.2 Å². The van der Waals surface area contributed by atoms with Crippen molar-refractivity contribution in [3.05, 3.63) is 73.2 Å². The minimum Gasteiger partial charge on any atom is -0.618 e. The van der Waals surface area contributed by atoms with Gasteiger partial charge in [-0.05, 0) is 38.1 Å². The average Bonchev–Trinajstić information content (AvgIpc) is 3.08. The van der Waals surface area contributed by atoms with E-state index in [-0.39, 0.29) is 45.1 Å². The van der Waals surface area contributed by atoms with Crippen LogP contribution in [0.25, 0.3) is 5.82 Å². The van der Waals surface area contributed by atoms with E-state index in [1.165, 1.54) is 23.0 Å². The van der Waals surface area contributed by atoms with E-state index in [9.17, 15) is 10.0 Å². The highest BCUT2D eigenvalue weighted by molar-refractivity contribution is 6.37. The number of carbonyl (C=O) groups is 1. The summed E-state index contributed by atoms with van der Waals surface area (Å²) in [6.45, 7) is 4.19. The Morgan fingerprint density at radius 2 is 1.90 bits per heavy atom. The number of nitrogens with zero attached hydrogens (tertiary/aromatic N) is 5. The van der Waals surface area contributed by atoms with Crippen molar-refractivity contribution in [1.29, 1.82) is 0 Å². The maximum absolute atomic E-state index is 14.3. The number of quaternary nitrogens is 1. The SMILES string of the molecule is CC(C)N1Cc2cc(Cl)cc(Cl)c2[N+]([O-])(C(=O)c2cc(Cl)nn2-c2ncccc2Cl)C1. The predicted molar refractivity (Wildman–Crippen MR) is 123 cm³/mol. The standard InChI is InChI=1S/C20H17Cl4N5O2/c1-11(2)27-9-12-6-13(21)7-15(23)18(12)29(31,10-27)20(30)16-8-17(24)26-28(16)19-14(22)4-3-5-25-19/h3-8,11H,9-10H2,1-2H3. The number of aromatic nitrogens is 3. The van der Waals surface area contributed by atoms with E-state index in [2.05, 4.69) is 10.1 Å². The summed E-state index contributed by atoms with van der Waals surface area (Å²) in [5.74, 6) is -0.608. The number of carbonyl (C=O) groups excluding carboxylic acids is 1. The Morgan fingerprint density at radius 3 is 2.58 bits per heavy atom. The van der Waals surface area contributed by atoms with Crippen molar-refractivity contribution >= 4 is 58.0 Å². The van der Waals surface area contributed by atoms with Crippen molar-refractivity contribution in [1.82, 2.24) is 24.3 Å². The molecule has 1 aliphatic rings. The molecule has 0 saturated carbocycles. The van der Waals surface area contributed by atoms with Gasteiger partial charge in [0.25, 0.3) is 0 Å². The Labute approximate surface area is 198 Å². The van der Waals surface area contributed by atoms with E-state index in [1.54, 1.807) is 18.2 Å². The molecule has 0 fully saturated rings. The van der Waals surface area contributed by atoms with Gasteiger partial charge < -0.3 is 5.21 Å². The predicted octanol–water partition coefficient (Wildman–Crippen LogP) is 5.71. The number of amides is 1. The van der Waals surface area contributed by atoms with Crippen molar-refractivity contribution in [2.75, 3.05) is 6.67 Å². The summed E-state index contributed by atoms with van der Waals surface area (Å²) < 4.78 is -0.168. The van der Waals surface area contributed by atoms with Gasteiger partial charge in [0, 0.05) is 35.4 Å². The fourth-order valence-electron chi connectivity index (χ4n) is 3.64. The van der Waals surface area contributed by atoms with E-state index >= 15 is 0 Å². The summed E-state index contributed by atoms with van der Waals surface area (Å²) >= 11 is 25.0. The molecule has 0 N–H and O–H groups in total. The molecule has 0 aliphatic carbocycles. The smallest absolute Gasteiger partial charge is 0.370 e. The normalized spacial score (nSPS) is 19.0. The highest BCUT2D eigenvalue weighted by Gasteiger charge is 2.44. The van der Waals surface area contributed by atoms with Crippen LogP contribution in [0.4, 0.5) is 5.69 Å². The average molecular weight is 501 g/mol. The van der Waals surface area contributed by atoms with Crippen LogP contribution in [0.1, 0.15) is 29.9 Å². The third-order valence-corrected chi connectivity index (χ3v) is 6.11. The maximum Gasteiger partial charge on any atom is 0.370 e. The lowest BCUT2D eigenvalue weighted by Gasteiger charge is -2.48. The molecule has 0 saturated heterocycles. The zero-order chi connectivity index (χ0) is 22.5. The fourth-order valence-corrected chi connectivity index (χ4v) is 4.69. The van der Waals surface area contributed by atoms with E-state index in [4.69, 9.17) is 46.4 Å². The van der Waals surface area contributed by atoms with Crippen molar-refractivity contribution in [3.63, 3.8) is 0 Å². The van der Waals surface area contributed by atoms with Crippen LogP contribution in [0, 0.1) is 5.21 Å². The number of halogens is 4. The first-order valence-corrected chi connectivity index (χ1v) is 10.9. The Balaban J connectivity index is 1.91. The van der Waals surface area contributed by atoms with E-state index in [0.29, 0.717) is 17.1 Å². The molecule has 0 spiro atoms. The molecule has 3 aromatic rings. The zero-order valence-electron chi connectivity index (χ0n) is 16.5. The van der Waals surface area contributed by atoms with Crippen LogP contribution in [-0.4, -0.2) is 38.3 Å². The second kappa shape index (κ2) is 8.33. The lowest BCUT2D eigenvalue weighted by molar-refractivity contribution is 0.0629. The monoisotopic (exact) mass is 499 g/mol. The molecule has 31 heavy (non-hydrogen) atoms. The largest absolute Gasteiger partial charge is 0.618 e. The molecule has 4 rings (SSSR count). The quantitative estimate of drug-likeness (QED) is 0.340. The first-order chi connectivity index (χ1) is 14.6. The Hall–Kier alpha value is -1.71.